The number of hydrogen-bond acceptors (Lipinski definition) is 6. The first-order valence-corrected chi connectivity index (χ1v) is 6.32. The smallest absolute Gasteiger partial charge is 0.338 e. The number of halogens is 1. The molecule has 104 valence electrons. The maximum absolute atomic E-state index is 11.4. The molecule has 0 saturated carbocycles. The summed E-state index contributed by atoms with van der Waals surface area (Å²) in [6.45, 7) is 0. The maximum atomic E-state index is 11.4. The Hall–Kier alpha value is -1.51. The van der Waals surface area contributed by atoms with Crippen LogP contribution in [0.1, 0.15) is 22.0 Å². The van der Waals surface area contributed by atoms with E-state index in [1.165, 1.54) is 6.07 Å². The van der Waals surface area contributed by atoms with Crippen molar-refractivity contribution in [2.24, 2.45) is 0 Å². The summed E-state index contributed by atoms with van der Waals surface area (Å²) in [5, 5.41) is 30.2. The lowest BCUT2D eigenvalue weighted by molar-refractivity contribution is -0.385. The van der Waals surface area contributed by atoms with E-state index >= 15 is 0 Å². The van der Waals surface area contributed by atoms with Crippen molar-refractivity contribution >= 4 is 27.6 Å². The second kappa shape index (κ2) is 6.60. The third-order valence-electron chi connectivity index (χ3n) is 2.44. The first kappa shape index (κ1) is 15.5. The number of nitro groups is 1. The van der Waals surface area contributed by atoms with Gasteiger partial charge in [0.15, 0.2) is 0 Å². The average Bonchev–Trinajstić information content (AvgIpc) is 2.43. The van der Waals surface area contributed by atoms with Crippen molar-refractivity contribution in [1.82, 2.24) is 0 Å². The minimum Gasteiger partial charge on any atom is -0.465 e. The van der Waals surface area contributed by atoms with Crippen molar-refractivity contribution in [3.8, 4) is 0 Å². The van der Waals surface area contributed by atoms with E-state index in [9.17, 15) is 25.1 Å². The molecule has 1 aromatic carbocycles. The van der Waals surface area contributed by atoms with Gasteiger partial charge in [-0.15, -0.1) is 0 Å². The molecular formula is C11H12BrNO6. The number of methoxy groups -OCH3 is 1. The normalized spacial score (nSPS) is 13.7. The van der Waals surface area contributed by atoms with Gasteiger partial charge in [0.1, 0.15) is 6.10 Å². The molecule has 8 heteroatoms. The van der Waals surface area contributed by atoms with Crippen LogP contribution in [0.3, 0.4) is 0 Å². The standard InChI is InChI=1S/C11H12BrNO6/c1-19-11(16)7-2-6(10(15)9(14)5-12)3-8(4-7)13(17)18/h2-4,9-10,14-15H,5H2,1H3. The first-order valence-electron chi connectivity index (χ1n) is 5.20. The van der Waals surface area contributed by atoms with Crippen molar-refractivity contribution in [2.75, 3.05) is 12.4 Å². The summed E-state index contributed by atoms with van der Waals surface area (Å²) in [6.07, 6.45) is -2.49. The molecule has 0 spiro atoms. The zero-order valence-corrected chi connectivity index (χ0v) is 11.5. The maximum Gasteiger partial charge on any atom is 0.338 e. The lowest BCUT2D eigenvalue weighted by Crippen LogP contribution is -2.20. The quantitative estimate of drug-likeness (QED) is 0.362. The molecule has 0 bridgehead atoms. The largest absolute Gasteiger partial charge is 0.465 e. The van der Waals surface area contributed by atoms with Gasteiger partial charge < -0.3 is 14.9 Å². The van der Waals surface area contributed by atoms with E-state index in [1.54, 1.807) is 0 Å². The third-order valence-corrected chi connectivity index (χ3v) is 3.10. The molecule has 0 radical (unpaired) electrons. The molecule has 1 aromatic rings. The molecule has 0 aromatic heterocycles. The second-order valence-electron chi connectivity index (χ2n) is 3.73. The molecule has 0 aliphatic carbocycles. The highest BCUT2D eigenvalue weighted by molar-refractivity contribution is 9.09. The highest BCUT2D eigenvalue weighted by Crippen LogP contribution is 2.25. The Morgan fingerprint density at radius 2 is 2.11 bits per heavy atom. The number of aliphatic hydroxyl groups is 2. The summed E-state index contributed by atoms with van der Waals surface area (Å²) in [6, 6.07) is 3.39. The predicted molar refractivity (Wildman–Crippen MR) is 69.2 cm³/mol. The van der Waals surface area contributed by atoms with E-state index in [1.807, 2.05) is 0 Å². The van der Waals surface area contributed by atoms with E-state index < -0.39 is 23.1 Å². The van der Waals surface area contributed by atoms with Crippen LogP contribution in [-0.2, 0) is 4.74 Å². The van der Waals surface area contributed by atoms with E-state index in [0.717, 1.165) is 19.2 Å². The average molecular weight is 334 g/mol. The van der Waals surface area contributed by atoms with Crippen molar-refractivity contribution < 1.29 is 24.7 Å². The summed E-state index contributed by atoms with van der Waals surface area (Å²) in [7, 11) is 1.14. The van der Waals surface area contributed by atoms with Crippen molar-refractivity contribution in [2.45, 2.75) is 12.2 Å². The molecule has 1 rings (SSSR count). The molecule has 2 N–H and O–H groups in total. The molecule has 2 unspecified atom stereocenters. The van der Waals surface area contributed by atoms with Crippen LogP contribution in [0.2, 0.25) is 0 Å². The highest BCUT2D eigenvalue weighted by atomic mass is 79.9. The van der Waals surface area contributed by atoms with Crippen LogP contribution < -0.4 is 0 Å². The van der Waals surface area contributed by atoms with Crippen LogP contribution in [0.5, 0.6) is 0 Å². The molecular weight excluding hydrogens is 322 g/mol. The summed E-state index contributed by atoms with van der Waals surface area (Å²) < 4.78 is 4.48. The summed E-state index contributed by atoms with van der Waals surface area (Å²) in [5.74, 6) is -0.759. The molecule has 19 heavy (non-hydrogen) atoms. The van der Waals surface area contributed by atoms with Gasteiger partial charge in [-0.3, -0.25) is 10.1 Å². The molecule has 0 heterocycles. The van der Waals surface area contributed by atoms with E-state index in [-0.39, 0.29) is 22.1 Å². The number of benzene rings is 1. The van der Waals surface area contributed by atoms with Gasteiger partial charge in [-0.05, 0) is 11.6 Å². The van der Waals surface area contributed by atoms with Gasteiger partial charge in [0.2, 0.25) is 0 Å². The Balaban J connectivity index is 3.27. The van der Waals surface area contributed by atoms with Gasteiger partial charge in [-0.25, -0.2) is 4.79 Å². The number of nitro benzene ring substituents is 1. The Bertz CT molecular complexity index is 492. The Morgan fingerprint density at radius 3 is 2.58 bits per heavy atom. The van der Waals surface area contributed by atoms with Crippen LogP contribution in [0.25, 0.3) is 0 Å². The van der Waals surface area contributed by atoms with Crippen molar-refractivity contribution in [3.63, 3.8) is 0 Å². The summed E-state index contributed by atoms with van der Waals surface area (Å²) in [4.78, 5) is 21.5. The van der Waals surface area contributed by atoms with Gasteiger partial charge in [0.25, 0.3) is 5.69 Å². The van der Waals surface area contributed by atoms with Crippen LogP contribution in [0.4, 0.5) is 5.69 Å². The van der Waals surface area contributed by atoms with Gasteiger partial charge in [0, 0.05) is 17.5 Å². The fourth-order valence-electron chi connectivity index (χ4n) is 1.45. The van der Waals surface area contributed by atoms with Crippen LogP contribution in [0, 0.1) is 10.1 Å². The number of alkyl halides is 1. The van der Waals surface area contributed by atoms with Crippen molar-refractivity contribution in [1.29, 1.82) is 0 Å². The minimum absolute atomic E-state index is 0.0625. The monoisotopic (exact) mass is 333 g/mol. The number of carbonyl (C=O) groups excluding carboxylic acids is 1. The zero-order chi connectivity index (χ0) is 14.6. The Morgan fingerprint density at radius 1 is 1.47 bits per heavy atom. The van der Waals surface area contributed by atoms with Gasteiger partial charge in [-0.1, -0.05) is 15.9 Å². The number of nitrogens with zero attached hydrogens (tertiary/aromatic N) is 1. The molecule has 2 atom stereocenters. The lowest BCUT2D eigenvalue weighted by atomic mass is 10.0. The SMILES string of the molecule is COC(=O)c1cc(C(O)C(O)CBr)cc([N+](=O)[O-])c1. The Kier molecular flexibility index (Phi) is 5.40. The Labute approximate surface area is 117 Å². The van der Waals surface area contributed by atoms with E-state index in [4.69, 9.17) is 0 Å². The van der Waals surface area contributed by atoms with E-state index in [0.29, 0.717) is 0 Å². The number of carbonyl (C=O) groups is 1. The molecule has 0 aliphatic rings. The predicted octanol–water partition coefficient (Wildman–Crippen LogP) is 1.17. The second-order valence-corrected chi connectivity index (χ2v) is 4.38. The molecule has 0 amide bonds. The number of non-ortho nitro benzene ring substituents is 1. The molecule has 0 saturated heterocycles. The topological polar surface area (TPSA) is 110 Å². The fourth-order valence-corrected chi connectivity index (χ4v) is 1.81. The van der Waals surface area contributed by atoms with Crippen LogP contribution >= 0.6 is 15.9 Å². The minimum atomic E-state index is -1.34. The van der Waals surface area contributed by atoms with E-state index in [2.05, 4.69) is 20.7 Å². The highest BCUT2D eigenvalue weighted by Gasteiger charge is 2.22. The van der Waals surface area contributed by atoms with Gasteiger partial charge in [0.05, 0.1) is 23.7 Å². The zero-order valence-electron chi connectivity index (χ0n) is 9.95. The number of esters is 1. The number of rotatable bonds is 5. The number of hydrogen-bond donors (Lipinski definition) is 2. The van der Waals surface area contributed by atoms with Crippen molar-refractivity contribution in [3.05, 3.63) is 39.4 Å². The first-order chi connectivity index (χ1) is 8.90. The van der Waals surface area contributed by atoms with Crippen LogP contribution in [0.15, 0.2) is 18.2 Å². The summed E-state index contributed by atoms with van der Waals surface area (Å²) in [5.41, 5.74) is -0.354. The van der Waals surface area contributed by atoms with Gasteiger partial charge in [-0.2, -0.15) is 0 Å². The number of ether oxygens (including phenoxy) is 1. The number of aliphatic hydroxyl groups excluding tert-OH is 2. The molecule has 7 nitrogen and oxygen atoms in total. The summed E-state index contributed by atoms with van der Waals surface area (Å²) >= 11 is 2.99. The molecule has 0 aliphatic heterocycles. The lowest BCUT2D eigenvalue weighted by Gasteiger charge is -2.16. The molecule has 0 fully saturated rings. The van der Waals surface area contributed by atoms with Crippen LogP contribution in [-0.4, -0.2) is 39.6 Å². The van der Waals surface area contributed by atoms with Gasteiger partial charge >= 0.3 is 5.97 Å². The third kappa shape index (κ3) is 3.72. The fraction of sp³-hybridized carbons (Fsp3) is 0.364.